The van der Waals surface area contributed by atoms with Crippen LogP contribution in [0.5, 0.6) is 0 Å². The van der Waals surface area contributed by atoms with E-state index < -0.39 is 9.84 Å². The van der Waals surface area contributed by atoms with E-state index in [9.17, 15) is 13.2 Å². The second kappa shape index (κ2) is 4.73. The van der Waals surface area contributed by atoms with E-state index in [0.29, 0.717) is 18.9 Å². The maximum Gasteiger partial charge on any atom is 0.220 e. The van der Waals surface area contributed by atoms with Crippen LogP contribution >= 0.6 is 0 Å². The molecule has 16 heavy (non-hydrogen) atoms. The molecule has 1 heterocycles. The molecule has 1 aliphatic heterocycles. The Balaban J connectivity index is 1.75. The normalized spacial score (nSPS) is 29.4. The summed E-state index contributed by atoms with van der Waals surface area (Å²) < 4.78 is 22.5. The summed E-state index contributed by atoms with van der Waals surface area (Å²) in [6.45, 7) is 0. The van der Waals surface area contributed by atoms with Gasteiger partial charge >= 0.3 is 0 Å². The minimum absolute atomic E-state index is 0.0361. The second-order valence-electron chi connectivity index (χ2n) is 5.02. The molecule has 0 aromatic rings. The first kappa shape index (κ1) is 11.9. The van der Waals surface area contributed by atoms with E-state index in [1.165, 1.54) is 12.8 Å². The standard InChI is InChI=1S/C11H19NO3S/c13-11(12-10-3-1-2-4-10)7-9-5-6-16(14,15)8-9/h9-10H,1-8H2,(H,12,13). The number of rotatable bonds is 3. The van der Waals surface area contributed by atoms with E-state index >= 15 is 0 Å². The van der Waals surface area contributed by atoms with E-state index in [1.807, 2.05) is 0 Å². The van der Waals surface area contributed by atoms with Gasteiger partial charge < -0.3 is 5.32 Å². The van der Waals surface area contributed by atoms with Crippen molar-refractivity contribution in [2.75, 3.05) is 11.5 Å². The monoisotopic (exact) mass is 245 g/mol. The molecule has 0 aromatic heterocycles. The van der Waals surface area contributed by atoms with Crippen LogP contribution in [0, 0.1) is 5.92 Å². The summed E-state index contributed by atoms with van der Waals surface area (Å²) in [6.07, 6.45) is 5.59. The Labute approximate surface area is 96.7 Å². The first-order valence-corrected chi connectivity index (χ1v) is 7.87. The fraction of sp³-hybridized carbons (Fsp3) is 0.909. The molecule has 92 valence electrons. The van der Waals surface area contributed by atoms with Crippen LogP contribution in [0.15, 0.2) is 0 Å². The molecule has 1 saturated carbocycles. The van der Waals surface area contributed by atoms with Gasteiger partial charge in [0.05, 0.1) is 11.5 Å². The van der Waals surface area contributed by atoms with Gasteiger partial charge in [-0.15, -0.1) is 0 Å². The summed E-state index contributed by atoms with van der Waals surface area (Å²) in [7, 11) is -2.85. The number of nitrogens with one attached hydrogen (secondary N) is 1. The van der Waals surface area contributed by atoms with Crippen LogP contribution < -0.4 is 5.32 Å². The van der Waals surface area contributed by atoms with Crippen LogP contribution in [0.1, 0.15) is 38.5 Å². The smallest absolute Gasteiger partial charge is 0.220 e. The molecule has 1 N–H and O–H groups in total. The molecule has 0 spiro atoms. The molecule has 2 aliphatic rings. The molecule has 1 aliphatic carbocycles. The summed E-state index contributed by atoms with van der Waals surface area (Å²) >= 11 is 0. The average molecular weight is 245 g/mol. The molecular formula is C11H19NO3S. The Hall–Kier alpha value is -0.580. The van der Waals surface area contributed by atoms with Crippen LogP contribution in [0.4, 0.5) is 0 Å². The van der Waals surface area contributed by atoms with Gasteiger partial charge in [-0.3, -0.25) is 4.79 Å². The predicted octanol–water partition coefficient (Wildman–Crippen LogP) is 0.870. The molecule has 0 bridgehead atoms. The van der Waals surface area contributed by atoms with Crippen molar-refractivity contribution in [1.82, 2.24) is 5.32 Å². The van der Waals surface area contributed by atoms with Crippen LogP contribution in [0.2, 0.25) is 0 Å². The highest BCUT2D eigenvalue weighted by Crippen LogP contribution is 2.22. The molecular weight excluding hydrogens is 226 g/mol. The highest BCUT2D eigenvalue weighted by atomic mass is 32.2. The summed E-state index contributed by atoms with van der Waals surface area (Å²) in [6, 6.07) is 0.338. The lowest BCUT2D eigenvalue weighted by Gasteiger charge is -2.13. The van der Waals surface area contributed by atoms with Gasteiger partial charge in [0.25, 0.3) is 0 Å². The quantitative estimate of drug-likeness (QED) is 0.802. The van der Waals surface area contributed by atoms with Gasteiger partial charge in [-0.1, -0.05) is 12.8 Å². The minimum Gasteiger partial charge on any atom is -0.353 e. The van der Waals surface area contributed by atoms with E-state index in [-0.39, 0.29) is 23.3 Å². The molecule has 5 heteroatoms. The van der Waals surface area contributed by atoms with E-state index in [4.69, 9.17) is 0 Å². The van der Waals surface area contributed by atoms with Gasteiger partial charge in [0.1, 0.15) is 0 Å². The summed E-state index contributed by atoms with van der Waals surface area (Å²) in [5.74, 6) is 0.542. The van der Waals surface area contributed by atoms with Crippen LogP contribution in [0.3, 0.4) is 0 Å². The van der Waals surface area contributed by atoms with Crippen LogP contribution in [-0.4, -0.2) is 31.9 Å². The first-order chi connectivity index (χ1) is 7.55. The summed E-state index contributed by atoms with van der Waals surface area (Å²) in [4.78, 5) is 11.7. The van der Waals surface area contributed by atoms with Crippen molar-refractivity contribution in [3.05, 3.63) is 0 Å². The van der Waals surface area contributed by atoms with Crippen molar-refractivity contribution in [2.24, 2.45) is 5.92 Å². The number of carbonyl (C=O) groups is 1. The topological polar surface area (TPSA) is 63.2 Å². The molecule has 0 aromatic carbocycles. The summed E-state index contributed by atoms with van der Waals surface area (Å²) in [5.41, 5.74) is 0. The van der Waals surface area contributed by atoms with Crippen molar-refractivity contribution in [1.29, 1.82) is 0 Å². The maximum atomic E-state index is 11.7. The molecule has 1 unspecified atom stereocenters. The third kappa shape index (κ3) is 3.20. The van der Waals surface area contributed by atoms with Gasteiger partial charge in [-0.25, -0.2) is 8.42 Å². The van der Waals surface area contributed by atoms with E-state index in [0.717, 1.165) is 12.8 Å². The van der Waals surface area contributed by atoms with Crippen LogP contribution in [-0.2, 0) is 14.6 Å². The van der Waals surface area contributed by atoms with Crippen molar-refractivity contribution < 1.29 is 13.2 Å². The Morgan fingerprint density at radius 3 is 2.44 bits per heavy atom. The average Bonchev–Trinajstić information content (AvgIpc) is 2.76. The zero-order chi connectivity index (χ0) is 11.6. The third-order valence-electron chi connectivity index (χ3n) is 3.52. The molecule has 1 saturated heterocycles. The SMILES string of the molecule is O=C(CC1CCS(=O)(=O)C1)NC1CCCC1. The van der Waals surface area contributed by atoms with E-state index in [1.54, 1.807) is 0 Å². The van der Waals surface area contributed by atoms with Gasteiger partial charge in [0, 0.05) is 12.5 Å². The molecule has 2 rings (SSSR count). The van der Waals surface area contributed by atoms with E-state index in [2.05, 4.69) is 5.32 Å². The van der Waals surface area contributed by atoms with Crippen LogP contribution in [0.25, 0.3) is 0 Å². The molecule has 0 radical (unpaired) electrons. The largest absolute Gasteiger partial charge is 0.353 e. The first-order valence-electron chi connectivity index (χ1n) is 6.05. The van der Waals surface area contributed by atoms with Crippen molar-refractivity contribution in [3.8, 4) is 0 Å². The second-order valence-corrected chi connectivity index (χ2v) is 7.25. The minimum atomic E-state index is -2.85. The van der Waals surface area contributed by atoms with Gasteiger partial charge in [0.2, 0.25) is 5.91 Å². The molecule has 4 nitrogen and oxygen atoms in total. The number of amides is 1. The van der Waals surface area contributed by atoms with Crippen molar-refractivity contribution >= 4 is 15.7 Å². The van der Waals surface area contributed by atoms with Gasteiger partial charge in [-0.05, 0) is 25.2 Å². The Bertz CT molecular complexity index is 357. The highest BCUT2D eigenvalue weighted by Gasteiger charge is 2.30. The third-order valence-corrected chi connectivity index (χ3v) is 5.36. The lowest BCUT2D eigenvalue weighted by atomic mass is 10.0. The maximum absolute atomic E-state index is 11.7. The molecule has 1 amide bonds. The predicted molar refractivity (Wildman–Crippen MR) is 61.8 cm³/mol. The number of hydrogen-bond donors (Lipinski definition) is 1. The number of hydrogen-bond acceptors (Lipinski definition) is 3. The van der Waals surface area contributed by atoms with Crippen molar-refractivity contribution in [2.45, 2.75) is 44.6 Å². The zero-order valence-electron chi connectivity index (χ0n) is 9.44. The Morgan fingerprint density at radius 2 is 1.88 bits per heavy atom. The Morgan fingerprint density at radius 1 is 1.19 bits per heavy atom. The fourth-order valence-corrected chi connectivity index (χ4v) is 4.51. The fourth-order valence-electron chi connectivity index (χ4n) is 2.65. The van der Waals surface area contributed by atoms with Gasteiger partial charge in [-0.2, -0.15) is 0 Å². The lowest BCUT2D eigenvalue weighted by Crippen LogP contribution is -2.33. The van der Waals surface area contributed by atoms with Crippen molar-refractivity contribution in [3.63, 3.8) is 0 Å². The zero-order valence-corrected chi connectivity index (χ0v) is 10.3. The van der Waals surface area contributed by atoms with Gasteiger partial charge in [0.15, 0.2) is 9.84 Å². The molecule has 2 fully saturated rings. The number of carbonyl (C=O) groups excluding carboxylic acids is 1. The Kier molecular flexibility index (Phi) is 3.52. The summed E-state index contributed by atoms with van der Waals surface area (Å²) in [5, 5.41) is 3.00. The number of sulfone groups is 1. The lowest BCUT2D eigenvalue weighted by molar-refractivity contribution is -0.122. The highest BCUT2D eigenvalue weighted by molar-refractivity contribution is 7.91. The molecule has 1 atom stereocenters.